The predicted octanol–water partition coefficient (Wildman–Crippen LogP) is 4.85. The molecule has 0 bridgehead atoms. The van der Waals surface area contributed by atoms with E-state index in [0.29, 0.717) is 0 Å². The first-order valence-corrected chi connectivity index (χ1v) is 10.7. The van der Waals surface area contributed by atoms with Crippen molar-refractivity contribution in [1.29, 1.82) is 0 Å². The summed E-state index contributed by atoms with van der Waals surface area (Å²) in [5.74, 6) is 0. The van der Waals surface area contributed by atoms with Crippen LogP contribution in [0, 0.1) is 0 Å². The second-order valence-electron chi connectivity index (χ2n) is 6.23. The molecule has 0 saturated heterocycles. The van der Waals surface area contributed by atoms with Crippen LogP contribution in [0.4, 0.5) is 0 Å². The van der Waals surface area contributed by atoms with Crippen LogP contribution in [0.15, 0.2) is 47.4 Å². The predicted molar refractivity (Wildman–Crippen MR) is 114 cm³/mol. The Morgan fingerprint density at radius 3 is 2.04 bits per heavy atom. The second kappa shape index (κ2) is 15.2. The van der Waals surface area contributed by atoms with Gasteiger partial charge in [0.15, 0.2) is 0 Å². The minimum atomic E-state index is -3.69. The van der Waals surface area contributed by atoms with Crippen molar-refractivity contribution in [3.63, 3.8) is 0 Å². The van der Waals surface area contributed by atoms with Crippen LogP contribution in [0.1, 0.15) is 58.3 Å². The standard InChI is InChI=1S/C20H28O3S.CH2O.Na.H/c1-2-3-4-5-6-7-8-11-17-23-24(21,22)20-16-12-14-18-13-9-10-15-19(18)20;1-2;;/h9-10,12-16H,2-8,11,17H2,1H3;1H2;;. The number of unbranched alkanes of at least 4 members (excludes halogenated alkanes) is 7. The molecule has 0 aromatic heterocycles. The zero-order chi connectivity index (χ0) is 19.3. The molecule has 0 heterocycles. The van der Waals surface area contributed by atoms with Gasteiger partial charge in [0.25, 0.3) is 10.1 Å². The van der Waals surface area contributed by atoms with Gasteiger partial charge in [-0.2, -0.15) is 8.42 Å². The number of carbonyl (C=O) groups excluding carboxylic acids is 1. The number of hydrogen-bond donors (Lipinski definition) is 0. The average Bonchev–Trinajstić information content (AvgIpc) is 2.68. The van der Waals surface area contributed by atoms with E-state index in [-0.39, 0.29) is 41.1 Å². The maximum atomic E-state index is 12.4. The number of carbonyl (C=O) groups is 1. The van der Waals surface area contributed by atoms with Gasteiger partial charge in [-0.15, -0.1) is 0 Å². The van der Waals surface area contributed by atoms with Crippen LogP contribution in [-0.2, 0) is 19.1 Å². The number of rotatable bonds is 11. The number of fused-ring (bicyclic) bond motifs is 1. The first-order valence-electron chi connectivity index (χ1n) is 9.31. The van der Waals surface area contributed by atoms with E-state index in [1.807, 2.05) is 37.1 Å². The Morgan fingerprint density at radius 2 is 1.37 bits per heavy atom. The minimum absolute atomic E-state index is 0. The zero-order valence-electron chi connectivity index (χ0n) is 15.7. The molecule has 27 heavy (non-hydrogen) atoms. The summed E-state index contributed by atoms with van der Waals surface area (Å²) in [6, 6.07) is 12.8. The van der Waals surface area contributed by atoms with E-state index in [0.717, 1.165) is 30.0 Å². The summed E-state index contributed by atoms with van der Waals surface area (Å²) >= 11 is 0. The Balaban J connectivity index is 0.00000218. The molecular formula is C21H31NaO4S. The van der Waals surface area contributed by atoms with Crippen LogP contribution < -0.4 is 0 Å². The van der Waals surface area contributed by atoms with Gasteiger partial charge in [0.2, 0.25) is 0 Å². The van der Waals surface area contributed by atoms with Gasteiger partial charge in [0.05, 0.1) is 6.61 Å². The van der Waals surface area contributed by atoms with Gasteiger partial charge >= 0.3 is 29.6 Å². The number of benzene rings is 2. The van der Waals surface area contributed by atoms with Gasteiger partial charge in [-0.25, -0.2) is 0 Å². The second-order valence-corrected chi connectivity index (χ2v) is 7.81. The maximum absolute atomic E-state index is 12.4. The molecule has 0 aliphatic heterocycles. The Labute approximate surface area is 186 Å². The van der Waals surface area contributed by atoms with Crippen LogP contribution >= 0.6 is 0 Å². The summed E-state index contributed by atoms with van der Waals surface area (Å²) in [4.78, 5) is 8.26. The van der Waals surface area contributed by atoms with Crippen molar-refractivity contribution in [2.45, 2.75) is 63.2 Å². The van der Waals surface area contributed by atoms with Gasteiger partial charge < -0.3 is 4.79 Å². The van der Waals surface area contributed by atoms with E-state index in [4.69, 9.17) is 8.98 Å². The molecule has 0 N–H and O–H groups in total. The van der Waals surface area contributed by atoms with Gasteiger partial charge in [0.1, 0.15) is 11.7 Å². The summed E-state index contributed by atoms with van der Waals surface area (Å²) < 4.78 is 30.1. The average molecular weight is 403 g/mol. The molecule has 0 aliphatic carbocycles. The molecule has 0 atom stereocenters. The normalized spacial score (nSPS) is 10.7. The third-order valence-electron chi connectivity index (χ3n) is 4.26. The molecule has 6 heteroatoms. The Hall–Kier alpha value is -0.720. The molecule has 0 amide bonds. The molecule has 0 saturated carbocycles. The van der Waals surface area contributed by atoms with Crippen molar-refractivity contribution in [1.82, 2.24) is 0 Å². The first-order chi connectivity index (χ1) is 12.6. The molecule has 0 aliphatic rings. The fourth-order valence-corrected chi connectivity index (χ4v) is 4.05. The molecule has 2 aromatic carbocycles. The molecule has 4 nitrogen and oxygen atoms in total. The van der Waals surface area contributed by atoms with Gasteiger partial charge in [-0.05, 0) is 17.9 Å². The van der Waals surface area contributed by atoms with Gasteiger partial charge in [-0.1, -0.05) is 88.3 Å². The molecule has 0 radical (unpaired) electrons. The molecule has 2 rings (SSSR count). The van der Waals surface area contributed by atoms with Crippen LogP contribution in [0.5, 0.6) is 0 Å². The van der Waals surface area contributed by atoms with E-state index in [1.165, 1.54) is 32.1 Å². The van der Waals surface area contributed by atoms with Gasteiger partial charge in [-0.3, -0.25) is 4.18 Å². The molecule has 0 spiro atoms. The molecule has 0 fully saturated rings. The summed E-state index contributed by atoms with van der Waals surface area (Å²) in [5, 5.41) is 1.63. The molecule has 2 aromatic rings. The monoisotopic (exact) mass is 402 g/mol. The topological polar surface area (TPSA) is 60.4 Å². The Bertz CT molecular complexity index is 741. The van der Waals surface area contributed by atoms with E-state index < -0.39 is 10.1 Å². The van der Waals surface area contributed by atoms with Crippen molar-refractivity contribution >= 4 is 57.2 Å². The van der Waals surface area contributed by atoms with Crippen LogP contribution in [0.3, 0.4) is 0 Å². The number of hydrogen-bond acceptors (Lipinski definition) is 4. The van der Waals surface area contributed by atoms with Crippen LogP contribution in [0.2, 0.25) is 0 Å². The summed E-state index contributed by atoms with van der Waals surface area (Å²) in [5.41, 5.74) is 0. The van der Waals surface area contributed by atoms with Crippen molar-refractivity contribution in [3.8, 4) is 0 Å². The Kier molecular flexibility index (Phi) is 14.8. The quantitative estimate of drug-likeness (QED) is 0.306. The van der Waals surface area contributed by atoms with E-state index in [2.05, 4.69) is 6.92 Å². The third-order valence-corrected chi connectivity index (χ3v) is 5.63. The fourth-order valence-electron chi connectivity index (χ4n) is 2.88. The third kappa shape index (κ3) is 9.35. The van der Waals surface area contributed by atoms with E-state index >= 15 is 0 Å². The van der Waals surface area contributed by atoms with Crippen molar-refractivity contribution in [3.05, 3.63) is 42.5 Å². The summed E-state index contributed by atoms with van der Waals surface area (Å²) in [7, 11) is -3.69. The summed E-state index contributed by atoms with van der Waals surface area (Å²) in [6.45, 7) is 4.48. The van der Waals surface area contributed by atoms with Crippen molar-refractivity contribution in [2.75, 3.05) is 6.61 Å². The molecular weight excluding hydrogens is 371 g/mol. The molecule has 0 unspecified atom stereocenters. The van der Waals surface area contributed by atoms with Crippen LogP contribution in [-0.4, -0.2) is 51.4 Å². The molecule has 146 valence electrons. The van der Waals surface area contributed by atoms with E-state index in [9.17, 15) is 8.42 Å². The van der Waals surface area contributed by atoms with Gasteiger partial charge in [0, 0.05) is 5.39 Å². The Morgan fingerprint density at radius 1 is 0.815 bits per heavy atom. The SMILES string of the molecule is C=O.CCCCCCCCCCOS(=O)(=O)c1cccc2ccccc12.[NaH]. The first kappa shape index (κ1) is 26.3. The van der Waals surface area contributed by atoms with Crippen LogP contribution in [0.25, 0.3) is 10.8 Å². The van der Waals surface area contributed by atoms with Crippen molar-refractivity contribution < 1.29 is 17.4 Å². The summed E-state index contributed by atoms with van der Waals surface area (Å²) in [6.07, 6.45) is 9.37. The van der Waals surface area contributed by atoms with Crippen molar-refractivity contribution in [2.24, 2.45) is 0 Å². The van der Waals surface area contributed by atoms with E-state index in [1.54, 1.807) is 12.1 Å². The fraction of sp³-hybridized carbons (Fsp3) is 0.476. The zero-order valence-corrected chi connectivity index (χ0v) is 16.5.